The van der Waals surface area contributed by atoms with E-state index in [0.29, 0.717) is 12.6 Å². The van der Waals surface area contributed by atoms with Crippen LogP contribution in [0.25, 0.3) is 0 Å². The first kappa shape index (κ1) is 11.9. The van der Waals surface area contributed by atoms with Gasteiger partial charge in [-0.1, -0.05) is 12.8 Å². The van der Waals surface area contributed by atoms with E-state index in [9.17, 15) is 4.79 Å². The van der Waals surface area contributed by atoms with Crippen molar-refractivity contribution in [2.24, 2.45) is 0 Å². The van der Waals surface area contributed by atoms with E-state index in [0.717, 1.165) is 19.4 Å². The van der Waals surface area contributed by atoms with Crippen LogP contribution in [0.2, 0.25) is 0 Å². The van der Waals surface area contributed by atoms with Gasteiger partial charge in [-0.15, -0.1) is 0 Å². The molecule has 1 heterocycles. The predicted molar refractivity (Wildman–Crippen MR) is 60.2 cm³/mol. The molecule has 0 spiro atoms. The fraction of sp³-hybridized carbons (Fsp3) is 0.917. The lowest BCUT2D eigenvalue weighted by molar-refractivity contribution is -0.155. The lowest BCUT2D eigenvalue weighted by Gasteiger charge is -2.37. The van der Waals surface area contributed by atoms with E-state index in [2.05, 4.69) is 5.32 Å². The van der Waals surface area contributed by atoms with Crippen molar-refractivity contribution >= 4 is 5.97 Å². The van der Waals surface area contributed by atoms with Crippen molar-refractivity contribution in [1.29, 1.82) is 0 Å². The average Bonchev–Trinajstić information content (AvgIpc) is 2.82. The van der Waals surface area contributed by atoms with Crippen LogP contribution in [0.5, 0.6) is 0 Å². The summed E-state index contributed by atoms with van der Waals surface area (Å²) in [6.07, 6.45) is 6.61. The molecule has 1 N–H and O–H groups in total. The van der Waals surface area contributed by atoms with E-state index in [1.807, 2.05) is 0 Å². The molecule has 2 rings (SSSR count). The van der Waals surface area contributed by atoms with Crippen molar-refractivity contribution in [3.63, 3.8) is 0 Å². The fourth-order valence-electron chi connectivity index (χ4n) is 2.78. The van der Waals surface area contributed by atoms with Crippen molar-refractivity contribution in [3.05, 3.63) is 0 Å². The molecule has 1 saturated heterocycles. The Morgan fingerprint density at radius 1 is 1.38 bits per heavy atom. The molecule has 0 radical (unpaired) electrons. The second-order valence-electron chi connectivity index (χ2n) is 4.86. The van der Waals surface area contributed by atoms with Crippen molar-refractivity contribution in [2.75, 3.05) is 20.3 Å². The highest BCUT2D eigenvalue weighted by molar-refractivity contribution is 5.81. The van der Waals surface area contributed by atoms with E-state index in [4.69, 9.17) is 9.47 Å². The second-order valence-corrected chi connectivity index (χ2v) is 4.86. The molecule has 0 aromatic heterocycles. The van der Waals surface area contributed by atoms with Crippen molar-refractivity contribution < 1.29 is 14.3 Å². The molecule has 1 aliphatic carbocycles. The molecule has 0 aromatic carbocycles. The predicted octanol–water partition coefficient (Wildman–Crippen LogP) is 1.24. The Balaban J connectivity index is 2.03. The van der Waals surface area contributed by atoms with Gasteiger partial charge in [-0.3, -0.25) is 5.32 Å². The van der Waals surface area contributed by atoms with Gasteiger partial charge in [0.05, 0.1) is 13.7 Å². The zero-order chi connectivity index (χ0) is 11.4. The van der Waals surface area contributed by atoms with Crippen LogP contribution in [0.4, 0.5) is 0 Å². The zero-order valence-electron chi connectivity index (χ0n) is 9.96. The minimum Gasteiger partial charge on any atom is -0.468 e. The van der Waals surface area contributed by atoms with Crippen LogP contribution >= 0.6 is 0 Å². The first-order chi connectivity index (χ1) is 7.77. The van der Waals surface area contributed by atoms with Gasteiger partial charge in [0.2, 0.25) is 0 Å². The Morgan fingerprint density at radius 2 is 2.12 bits per heavy atom. The number of nitrogens with one attached hydrogen (secondary N) is 1. The van der Waals surface area contributed by atoms with Crippen LogP contribution in [0.1, 0.15) is 38.5 Å². The molecule has 1 atom stereocenters. The van der Waals surface area contributed by atoms with Crippen molar-refractivity contribution in [3.8, 4) is 0 Å². The van der Waals surface area contributed by atoms with Crippen LogP contribution in [0, 0.1) is 0 Å². The molecule has 1 unspecified atom stereocenters. The summed E-state index contributed by atoms with van der Waals surface area (Å²) in [4.78, 5) is 11.9. The normalized spacial score (nSPS) is 31.6. The van der Waals surface area contributed by atoms with Crippen molar-refractivity contribution in [1.82, 2.24) is 5.32 Å². The maximum Gasteiger partial charge on any atom is 0.328 e. The topological polar surface area (TPSA) is 47.6 Å². The first-order valence-corrected chi connectivity index (χ1v) is 6.21. The summed E-state index contributed by atoms with van der Waals surface area (Å²) in [6.45, 7) is 1.21. The largest absolute Gasteiger partial charge is 0.468 e. The maximum absolute atomic E-state index is 11.9. The standard InChI is InChI=1S/C12H21NO3/c1-15-11(14)12(7-4-8-16-9-12)13-10-5-2-3-6-10/h10,13H,2-9H2,1H3. The van der Waals surface area contributed by atoms with E-state index < -0.39 is 5.54 Å². The Labute approximate surface area is 96.7 Å². The minimum atomic E-state index is -0.581. The molecule has 0 bridgehead atoms. The number of hydrogen-bond acceptors (Lipinski definition) is 4. The lowest BCUT2D eigenvalue weighted by Crippen LogP contribution is -2.60. The third-order valence-electron chi connectivity index (χ3n) is 3.65. The summed E-state index contributed by atoms with van der Waals surface area (Å²) in [5.74, 6) is -0.167. The van der Waals surface area contributed by atoms with Gasteiger partial charge >= 0.3 is 5.97 Å². The lowest BCUT2D eigenvalue weighted by atomic mass is 9.91. The highest BCUT2D eigenvalue weighted by Crippen LogP contribution is 2.26. The van der Waals surface area contributed by atoms with E-state index in [1.165, 1.54) is 32.8 Å². The smallest absolute Gasteiger partial charge is 0.328 e. The van der Waals surface area contributed by atoms with Crippen LogP contribution in [-0.2, 0) is 14.3 Å². The summed E-state index contributed by atoms with van der Waals surface area (Å²) >= 11 is 0. The van der Waals surface area contributed by atoms with Crippen molar-refractivity contribution in [2.45, 2.75) is 50.1 Å². The van der Waals surface area contributed by atoms with E-state index in [-0.39, 0.29) is 5.97 Å². The molecular weight excluding hydrogens is 206 g/mol. The highest BCUT2D eigenvalue weighted by Gasteiger charge is 2.43. The summed E-state index contributed by atoms with van der Waals surface area (Å²) in [5, 5.41) is 3.48. The molecule has 4 nitrogen and oxygen atoms in total. The van der Waals surface area contributed by atoms with E-state index in [1.54, 1.807) is 0 Å². The summed E-state index contributed by atoms with van der Waals surface area (Å²) in [5.41, 5.74) is -0.581. The van der Waals surface area contributed by atoms with Crippen LogP contribution in [0.15, 0.2) is 0 Å². The summed E-state index contributed by atoms with van der Waals surface area (Å²) < 4.78 is 10.4. The molecule has 1 aliphatic heterocycles. The molecule has 2 aliphatic rings. The Kier molecular flexibility index (Phi) is 3.82. The maximum atomic E-state index is 11.9. The van der Waals surface area contributed by atoms with Gasteiger partial charge in [-0.25, -0.2) is 4.79 Å². The van der Waals surface area contributed by atoms with Gasteiger partial charge in [-0.05, 0) is 25.7 Å². The van der Waals surface area contributed by atoms with Gasteiger partial charge < -0.3 is 9.47 Å². The molecule has 0 aromatic rings. The average molecular weight is 227 g/mol. The Hall–Kier alpha value is -0.610. The second kappa shape index (κ2) is 5.15. The monoisotopic (exact) mass is 227 g/mol. The highest BCUT2D eigenvalue weighted by atomic mass is 16.5. The van der Waals surface area contributed by atoms with Crippen LogP contribution < -0.4 is 5.32 Å². The quantitative estimate of drug-likeness (QED) is 0.737. The van der Waals surface area contributed by atoms with Crippen LogP contribution in [0.3, 0.4) is 0 Å². The summed E-state index contributed by atoms with van der Waals surface area (Å²) in [6, 6.07) is 0.459. The van der Waals surface area contributed by atoms with Gasteiger partial charge in [0.1, 0.15) is 5.54 Å². The van der Waals surface area contributed by atoms with Gasteiger partial charge in [0.25, 0.3) is 0 Å². The fourth-order valence-corrected chi connectivity index (χ4v) is 2.78. The SMILES string of the molecule is COC(=O)C1(NC2CCCC2)CCCOC1. The van der Waals surface area contributed by atoms with Crippen LogP contribution in [-0.4, -0.2) is 37.9 Å². The minimum absolute atomic E-state index is 0.167. The molecule has 16 heavy (non-hydrogen) atoms. The van der Waals surface area contributed by atoms with Gasteiger partial charge in [-0.2, -0.15) is 0 Å². The molecule has 2 fully saturated rings. The number of carbonyl (C=O) groups excluding carboxylic acids is 1. The first-order valence-electron chi connectivity index (χ1n) is 6.21. The number of rotatable bonds is 3. The third-order valence-corrected chi connectivity index (χ3v) is 3.65. The Bertz CT molecular complexity index is 243. The summed E-state index contributed by atoms with van der Waals surface area (Å²) in [7, 11) is 1.45. The number of methoxy groups -OCH3 is 1. The number of esters is 1. The number of ether oxygens (including phenoxy) is 2. The van der Waals surface area contributed by atoms with E-state index >= 15 is 0 Å². The molecular formula is C12H21NO3. The molecule has 4 heteroatoms. The Morgan fingerprint density at radius 3 is 2.69 bits per heavy atom. The molecule has 0 amide bonds. The molecule has 1 saturated carbocycles. The van der Waals surface area contributed by atoms with Gasteiger partial charge in [0, 0.05) is 12.6 Å². The number of hydrogen-bond donors (Lipinski definition) is 1. The number of carbonyl (C=O) groups is 1. The van der Waals surface area contributed by atoms with Gasteiger partial charge in [0.15, 0.2) is 0 Å². The zero-order valence-corrected chi connectivity index (χ0v) is 9.96. The molecule has 92 valence electrons. The third kappa shape index (κ3) is 2.38.